The third kappa shape index (κ3) is 3.08. The summed E-state index contributed by atoms with van der Waals surface area (Å²) in [6.45, 7) is 2.10. The van der Waals surface area contributed by atoms with Crippen LogP contribution < -0.4 is 4.90 Å². The molecule has 2 aromatic rings. The van der Waals surface area contributed by atoms with Crippen LogP contribution in [-0.2, 0) is 16.0 Å². The number of carbonyl (C=O) groups is 2. The molecular formula is C18H16FNO3. The van der Waals surface area contributed by atoms with Crippen molar-refractivity contribution in [3.8, 4) is 0 Å². The Kier molecular flexibility index (Phi) is 4.10. The Labute approximate surface area is 133 Å². The number of benzene rings is 2. The Morgan fingerprint density at radius 2 is 1.96 bits per heavy atom. The summed E-state index contributed by atoms with van der Waals surface area (Å²) in [6, 6.07) is 12.9. The lowest BCUT2D eigenvalue weighted by Gasteiger charge is -2.21. The molecule has 1 atom stereocenters. The molecular weight excluding hydrogens is 297 g/mol. The molecule has 4 nitrogen and oxygen atoms in total. The van der Waals surface area contributed by atoms with Crippen molar-refractivity contribution in [3.63, 3.8) is 0 Å². The minimum absolute atomic E-state index is 0.0893. The Balaban J connectivity index is 1.70. The van der Waals surface area contributed by atoms with Gasteiger partial charge in [-0.1, -0.05) is 24.3 Å². The molecule has 0 saturated carbocycles. The molecule has 0 aromatic heterocycles. The first-order chi connectivity index (χ1) is 11.1. The molecule has 0 bridgehead atoms. The number of ether oxygens (including phenoxy) is 1. The number of carbonyl (C=O) groups excluding carboxylic acids is 2. The number of para-hydroxylation sites is 1. The molecule has 23 heavy (non-hydrogen) atoms. The predicted molar refractivity (Wildman–Crippen MR) is 83.8 cm³/mol. The van der Waals surface area contributed by atoms with Gasteiger partial charge in [-0.05, 0) is 43.2 Å². The Hall–Kier alpha value is -2.69. The van der Waals surface area contributed by atoms with Crippen LogP contribution in [0.25, 0.3) is 0 Å². The topological polar surface area (TPSA) is 46.6 Å². The van der Waals surface area contributed by atoms with E-state index in [9.17, 15) is 14.0 Å². The van der Waals surface area contributed by atoms with Gasteiger partial charge >= 0.3 is 5.97 Å². The van der Waals surface area contributed by atoms with Gasteiger partial charge in [-0.2, -0.15) is 0 Å². The average molecular weight is 313 g/mol. The molecule has 0 aliphatic carbocycles. The highest BCUT2D eigenvalue weighted by atomic mass is 19.1. The fourth-order valence-corrected chi connectivity index (χ4v) is 2.68. The van der Waals surface area contributed by atoms with E-state index in [-0.39, 0.29) is 11.5 Å². The van der Waals surface area contributed by atoms with Crippen LogP contribution in [-0.4, -0.2) is 24.5 Å². The molecule has 1 unspecified atom stereocenters. The smallest absolute Gasteiger partial charge is 0.339 e. The van der Waals surface area contributed by atoms with E-state index < -0.39 is 17.9 Å². The maximum absolute atomic E-state index is 13.2. The van der Waals surface area contributed by atoms with E-state index in [1.165, 1.54) is 25.1 Å². The van der Waals surface area contributed by atoms with E-state index in [2.05, 4.69) is 0 Å². The van der Waals surface area contributed by atoms with Crippen LogP contribution in [0.3, 0.4) is 0 Å². The van der Waals surface area contributed by atoms with Gasteiger partial charge in [0.25, 0.3) is 5.91 Å². The standard InChI is InChI=1S/C18H16FNO3/c1-12(23-18(22)14-6-4-7-15(19)11-14)17(21)20-10-9-13-5-2-3-8-16(13)20/h2-8,11-12H,9-10H2,1H3. The zero-order valence-corrected chi connectivity index (χ0v) is 12.7. The van der Waals surface area contributed by atoms with Crippen LogP contribution in [0.15, 0.2) is 48.5 Å². The summed E-state index contributed by atoms with van der Waals surface area (Å²) in [4.78, 5) is 26.2. The number of amides is 1. The normalized spacial score (nSPS) is 14.3. The van der Waals surface area contributed by atoms with Crippen LogP contribution in [0.4, 0.5) is 10.1 Å². The third-order valence-electron chi connectivity index (χ3n) is 3.85. The van der Waals surface area contributed by atoms with Crippen molar-refractivity contribution >= 4 is 17.6 Å². The number of hydrogen-bond acceptors (Lipinski definition) is 3. The van der Waals surface area contributed by atoms with E-state index in [1.807, 2.05) is 24.3 Å². The Morgan fingerprint density at radius 3 is 2.74 bits per heavy atom. The van der Waals surface area contributed by atoms with Gasteiger partial charge in [-0.25, -0.2) is 9.18 Å². The second kappa shape index (κ2) is 6.20. The van der Waals surface area contributed by atoms with E-state index in [0.717, 1.165) is 23.7 Å². The second-order valence-electron chi connectivity index (χ2n) is 5.43. The molecule has 2 aromatic carbocycles. The average Bonchev–Trinajstić information content (AvgIpc) is 2.98. The van der Waals surface area contributed by atoms with Gasteiger partial charge in [0.2, 0.25) is 0 Å². The van der Waals surface area contributed by atoms with Crippen molar-refractivity contribution in [3.05, 3.63) is 65.5 Å². The largest absolute Gasteiger partial charge is 0.449 e. The van der Waals surface area contributed by atoms with Gasteiger partial charge in [0, 0.05) is 12.2 Å². The first-order valence-corrected chi connectivity index (χ1v) is 7.42. The first-order valence-electron chi connectivity index (χ1n) is 7.42. The van der Waals surface area contributed by atoms with Gasteiger partial charge in [-0.15, -0.1) is 0 Å². The van der Waals surface area contributed by atoms with Crippen LogP contribution >= 0.6 is 0 Å². The number of hydrogen-bond donors (Lipinski definition) is 0. The molecule has 118 valence electrons. The highest BCUT2D eigenvalue weighted by molar-refractivity contribution is 6.00. The Morgan fingerprint density at radius 1 is 1.17 bits per heavy atom. The zero-order chi connectivity index (χ0) is 16.4. The van der Waals surface area contributed by atoms with E-state index in [4.69, 9.17) is 4.74 Å². The van der Waals surface area contributed by atoms with Crippen molar-refractivity contribution in [1.29, 1.82) is 0 Å². The highest BCUT2D eigenvalue weighted by Gasteiger charge is 2.29. The van der Waals surface area contributed by atoms with Gasteiger partial charge in [0.15, 0.2) is 6.10 Å². The molecule has 1 amide bonds. The molecule has 0 N–H and O–H groups in total. The van der Waals surface area contributed by atoms with Crippen molar-refractivity contribution in [2.75, 3.05) is 11.4 Å². The third-order valence-corrected chi connectivity index (χ3v) is 3.85. The summed E-state index contributed by atoms with van der Waals surface area (Å²) < 4.78 is 18.3. The SMILES string of the molecule is CC(OC(=O)c1cccc(F)c1)C(=O)N1CCc2ccccc21. The van der Waals surface area contributed by atoms with Crippen molar-refractivity contribution < 1.29 is 18.7 Å². The molecule has 0 saturated heterocycles. The number of halogens is 1. The van der Waals surface area contributed by atoms with E-state index in [0.29, 0.717) is 6.54 Å². The maximum Gasteiger partial charge on any atom is 0.339 e. The van der Waals surface area contributed by atoms with Gasteiger partial charge in [0.05, 0.1) is 5.56 Å². The molecule has 0 radical (unpaired) electrons. The number of anilines is 1. The summed E-state index contributed by atoms with van der Waals surface area (Å²) in [5, 5.41) is 0. The summed E-state index contributed by atoms with van der Waals surface area (Å²) >= 11 is 0. The Bertz CT molecular complexity index is 759. The van der Waals surface area contributed by atoms with Crippen molar-refractivity contribution in [1.82, 2.24) is 0 Å². The van der Waals surface area contributed by atoms with Gasteiger partial charge < -0.3 is 9.64 Å². The monoisotopic (exact) mass is 313 g/mol. The molecule has 1 aliphatic rings. The van der Waals surface area contributed by atoms with E-state index >= 15 is 0 Å². The number of fused-ring (bicyclic) bond motifs is 1. The second-order valence-corrected chi connectivity index (χ2v) is 5.43. The fraction of sp³-hybridized carbons (Fsp3) is 0.222. The lowest BCUT2D eigenvalue weighted by Crippen LogP contribution is -2.39. The highest BCUT2D eigenvalue weighted by Crippen LogP contribution is 2.28. The quantitative estimate of drug-likeness (QED) is 0.819. The lowest BCUT2D eigenvalue weighted by atomic mass is 10.2. The van der Waals surface area contributed by atoms with Crippen LogP contribution in [0, 0.1) is 5.82 Å². The van der Waals surface area contributed by atoms with Crippen molar-refractivity contribution in [2.24, 2.45) is 0 Å². The number of rotatable bonds is 3. The molecule has 0 fully saturated rings. The van der Waals surface area contributed by atoms with Crippen LogP contribution in [0.5, 0.6) is 0 Å². The summed E-state index contributed by atoms with van der Waals surface area (Å²) in [5.41, 5.74) is 2.04. The van der Waals surface area contributed by atoms with E-state index in [1.54, 1.807) is 4.90 Å². The van der Waals surface area contributed by atoms with Gasteiger partial charge in [-0.3, -0.25) is 4.79 Å². The molecule has 3 rings (SSSR count). The minimum atomic E-state index is -0.933. The van der Waals surface area contributed by atoms with Gasteiger partial charge in [0.1, 0.15) is 5.82 Å². The maximum atomic E-state index is 13.2. The molecule has 1 heterocycles. The number of esters is 1. The molecule has 5 heteroatoms. The fourth-order valence-electron chi connectivity index (χ4n) is 2.68. The van der Waals surface area contributed by atoms with Crippen molar-refractivity contribution in [2.45, 2.75) is 19.4 Å². The number of nitrogens with zero attached hydrogens (tertiary/aromatic N) is 1. The summed E-state index contributed by atoms with van der Waals surface area (Å²) in [5.74, 6) is -1.51. The summed E-state index contributed by atoms with van der Waals surface area (Å²) in [7, 11) is 0. The minimum Gasteiger partial charge on any atom is -0.449 e. The zero-order valence-electron chi connectivity index (χ0n) is 12.7. The predicted octanol–water partition coefficient (Wildman–Crippen LogP) is 2.96. The van der Waals surface area contributed by atoms with Crippen LogP contribution in [0.1, 0.15) is 22.8 Å². The molecule has 0 spiro atoms. The first kappa shape index (κ1) is 15.2. The molecule has 1 aliphatic heterocycles. The van der Waals surface area contributed by atoms with Crippen LogP contribution in [0.2, 0.25) is 0 Å². The summed E-state index contributed by atoms with van der Waals surface area (Å²) in [6.07, 6.45) is -0.149. The lowest BCUT2D eigenvalue weighted by molar-refractivity contribution is -0.126.